The van der Waals surface area contributed by atoms with Crippen molar-refractivity contribution in [3.63, 3.8) is 0 Å². The van der Waals surface area contributed by atoms with E-state index in [1.165, 1.54) is 24.3 Å². The van der Waals surface area contributed by atoms with Gasteiger partial charge < -0.3 is 9.47 Å². The van der Waals surface area contributed by atoms with Crippen LogP contribution in [-0.4, -0.2) is 35.8 Å². The Balaban J connectivity index is 1.69. The second kappa shape index (κ2) is 9.58. The lowest BCUT2D eigenvalue weighted by molar-refractivity contribution is -0.123. The number of amides is 2. The van der Waals surface area contributed by atoms with E-state index in [1.54, 1.807) is 24.3 Å². The number of hydrogen-bond donors (Lipinski definition) is 0. The highest BCUT2D eigenvalue weighted by atomic mass is 79.9. The van der Waals surface area contributed by atoms with Gasteiger partial charge in [-0.05, 0) is 60.3 Å². The van der Waals surface area contributed by atoms with Crippen molar-refractivity contribution in [2.75, 3.05) is 19.8 Å². The van der Waals surface area contributed by atoms with Crippen LogP contribution >= 0.6 is 27.7 Å². The first-order valence-corrected chi connectivity index (χ1v) is 10.0. The van der Waals surface area contributed by atoms with Gasteiger partial charge in [0.15, 0.2) is 6.61 Å². The fourth-order valence-corrected chi connectivity index (χ4v) is 3.73. The molecule has 9 heteroatoms. The minimum atomic E-state index is -0.436. The summed E-state index contributed by atoms with van der Waals surface area (Å²) in [5.41, 5.74) is 0.572. The Morgan fingerprint density at radius 3 is 2.66 bits per heavy atom. The van der Waals surface area contributed by atoms with Crippen LogP contribution in [-0.2, 0) is 4.79 Å². The summed E-state index contributed by atoms with van der Waals surface area (Å²) in [7, 11) is 0. The largest absolute Gasteiger partial charge is 0.492 e. The summed E-state index contributed by atoms with van der Waals surface area (Å²) in [5, 5.41) is 8.30. The molecule has 148 valence electrons. The second-order valence-corrected chi connectivity index (χ2v) is 7.67. The molecule has 2 aromatic carbocycles. The predicted molar refractivity (Wildman–Crippen MR) is 110 cm³/mol. The van der Waals surface area contributed by atoms with E-state index in [0.717, 1.165) is 21.1 Å². The summed E-state index contributed by atoms with van der Waals surface area (Å²) in [5.74, 6) is 0.0662. The van der Waals surface area contributed by atoms with E-state index in [9.17, 15) is 14.0 Å². The van der Waals surface area contributed by atoms with Gasteiger partial charge in [0, 0.05) is 10.0 Å². The lowest BCUT2D eigenvalue weighted by atomic mass is 10.2. The fourth-order valence-electron chi connectivity index (χ4n) is 2.49. The topological polar surface area (TPSA) is 79.6 Å². The van der Waals surface area contributed by atoms with Gasteiger partial charge in [-0.3, -0.25) is 14.5 Å². The molecule has 29 heavy (non-hydrogen) atoms. The molecule has 3 rings (SSSR count). The zero-order chi connectivity index (χ0) is 20.8. The monoisotopic (exact) mass is 476 g/mol. The quantitative estimate of drug-likeness (QED) is 0.543. The van der Waals surface area contributed by atoms with Gasteiger partial charge in [0.2, 0.25) is 0 Å². The molecule has 2 aromatic rings. The molecule has 1 saturated heterocycles. The average Bonchev–Trinajstić information content (AvgIpc) is 2.96. The number of benzene rings is 2. The summed E-state index contributed by atoms with van der Waals surface area (Å²) in [6.45, 7) is 0.0186. The van der Waals surface area contributed by atoms with Crippen LogP contribution in [0.25, 0.3) is 6.08 Å². The lowest BCUT2D eigenvalue weighted by Gasteiger charge is -2.13. The normalized spacial score (nSPS) is 14.9. The van der Waals surface area contributed by atoms with Gasteiger partial charge >= 0.3 is 0 Å². The number of thioether (sulfide) groups is 1. The zero-order valence-electron chi connectivity index (χ0n) is 14.9. The maximum Gasteiger partial charge on any atom is 0.293 e. The van der Waals surface area contributed by atoms with E-state index in [-0.39, 0.29) is 30.5 Å². The van der Waals surface area contributed by atoms with Crippen molar-refractivity contribution >= 4 is 44.9 Å². The highest BCUT2D eigenvalue weighted by Crippen LogP contribution is 2.34. The Bertz CT molecular complexity index is 1000. The van der Waals surface area contributed by atoms with E-state index < -0.39 is 11.1 Å². The molecular formula is C20H14BrFN2O4S. The first kappa shape index (κ1) is 20.9. The van der Waals surface area contributed by atoms with E-state index in [0.29, 0.717) is 17.1 Å². The van der Waals surface area contributed by atoms with Crippen molar-refractivity contribution < 1.29 is 23.5 Å². The molecule has 0 bridgehead atoms. The van der Waals surface area contributed by atoms with E-state index in [2.05, 4.69) is 15.9 Å². The smallest absolute Gasteiger partial charge is 0.293 e. The summed E-state index contributed by atoms with van der Waals surface area (Å²) in [6, 6.07) is 12.5. The number of imide groups is 1. The van der Waals surface area contributed by atoms with Crippen LogP contribution in [0.4, 0.5) is 9.18 Å². The zero-order valence-corrected chi connectivity index (χ0v) is 17.3. The van der Waals surface area contributed by atoms with E-state index >= 15 is 0 Å². The van der Waals surface area contributed by atoms with Crippen LogP contribution in [0.5, 0.6) is 11.5 Å². The van der Waals surface area contributed by atoms with Gasteiger partial charge in [-0.15, -0.1) is 0 Å². The Labute approximate surface area is 179 Å². The maximum atomic E-state index is 12.9. The van der Waals surface area contributed by atoms with E-state index in [4.69, 9.17) is 14.7 Å². The molecule has 6 nitrogen and oxygen atoms in total. The third-order valence-electron chi connectivity index (χ3n) is 3.82. The highest BCUT2D eigenvalue weighted by molar-refractivity contribution is 9.10. The molecule has 1 aliphatic rings. The molecule has 0 aromatic heterocycles. The number of hydrogen-bond acceptors (Lipinski definition) is 6. The van der Waals surface area contributed by atoms with Crippen molar-refractivity contribution in [2.24, 2.45) is 0 Å². The molecule has 0 atom stereocenters. The second-order valence-electron chi connectivity index (χ2n) is 5.76. The summed E-state index contributed by atoms with van der Waals surface area (Å²) in [6.07, 6.45) is 1.56. The number of nitriles is 1. The SMILES string of the molecule is N#CCOc1ccc(Br)cc1/C=C1\SC(=O)N(CCOc2ccc(F)cc2)C1=O. The molecule has 0 N–H and O–H groups in total. The number of ether oxygens (including phenoxy) is 2. The predicted octanol–water partition coefficient (Wildman–Crippen LogP) is 4.61. The minimum Gasteiger partial charge on any atom is -0.492 e. The molecule has 1 fully saturated rings. The molecule has 0 unspecified atom stereocenters. The maximum absolute atomic E-state index is 12.9. The van der Waals surface area contributed by atoms with E-state index in [1.807, 2.05) is 6.07 Å². The van der Waals surface area contributed by atoms with Crippen molar-refractivity contribution in [3.8, 4) is 17.6 Å². The molecule has 0 saturated carbocycles. The van der Waals surface area contributed by atoms with Gasteiger partial charge in [0.05, 0.1) is 11.4 Å². The molecule has 0 spiro atoms. The molecule has 1 aliphatic heterocycles. The van der Waals surface area contributed by atoms with Crippen LogP contribution in [0.2, 0.25) is 0 Å². The summed E-state index contributed by atoms with van der Waals surface area (Å²) >= 11 is 4.18. The third-order valence-corrected chi connectivity index (χ3v) is 5.22. The standard InChI is InChI=1S/C20H14BrFN2O4S/c21-14-1-6-17(28-9-7-23)13(11-14)12-18-19(25)24(20(26)29-18)8-10-27-16-4-2-15(22)3-5-16/h1-6,11-12H,8-10H2/b18-12-. The minimum absolute atomic E-state index is 0.0651. The first-order chi connectivity index (χ1) is 14.0. The van der Waals surface area contributed by atoms with Gasteiger partial charge in [0.25, 0.3) is 11.1 Å². The first-order valence-electron chi connectivity index (χ1n) is 8.41. The number of halogens is 2. The van der Waals surface area contributed by atoms with Crippen molar-refractivity contribution in [1.82, 2.24) is 4.90 Å². The Morgan fingerprint density at radius 1 is 1.17 bits per heavy atom. The summed E-state index contributed by atoms with van der Waals surface area (Å²) in [4.78, 5) is 26.2. The number of carbonyl (C=O) groups is 2. The summed E-state index contributed by atoms with van der Waals surface area (Å²) < 4.78 is 24.5. The fraction of sp³-hybridized carbons (Fsp3) is 0.150. The van der Waals surface area contributed by atoms with Crippen molar-refractivity contribution in [2.45, 2.75) is 0 Å². The van der Waals surface area contributed by atoms with Gasteiger partial charge in [-0.1, -0.05) is 15.9 Å². The van der Waals surface area contributed by atoms with Gasteiger partial charge in [-0.2, -0.15) is 5.26 Å². The lowest BCUT2D eigenvalue weighted by Crippen LogP contribution is -2.32. The van der Waals surface area contributed by atoms with Crippen LogP contribution in [0, 0.1) is 17.1 Å². The Morgan fingerprint density at radius 2 is 1.93 bits per heavy atom. The van der Waals surface area contributed by atoms with Gasteiger partial charge in [-0.25, -0.2) is 4.39 Å². The number of rotatable bonds is 7. The molecule has 0 aliphatic carbocycles. The van der Waals surface area contributed by atoms with Crippen molar-refractivity contribution in [3.05, 3.63) is 63.2 Å². The Hall–Kier alpha value is -2.83. The third kappa shape index (κ3) is 5.37. The van der Waals surface area contributed by atoms with Crippen LogP contribution in [0.15, 0.2) is 51.8 Å². The van der Waals surface area contributed by atoms with Gasteiger partial charge in [0.1, 0.15) is 30.0 Å². The molecule has 0 radical (unpaired) electrons. The van der Waals surface area contributed by atoms with Crippen LogP contribution in [0.1, 0.15) is 5.56 Å². The molecular weight excluding hydrogens is 463 g/mol. The highest BCUT2D eigenvalue weighted by Gasteiger charge is 2.35. The molecule has 1 heterocycles. The Kier molecular flexibility index (Phi) is 6.90. The molecule has 2 amide bonds. The van der Waals surface area contributed by atoms with Crippen LogP contribution in [0.3, 0.4) is 0 Å². The van der Waals surface area contributed by atoms with Crippen molar-refractivity contribution in [1.29, 1.82) is 5.26 Å². The number of carbonyl (C=O) groups excluding carboxylic acids is 2. The average molecular weight is 477 g/mol. The number of nitrogens with zero attached hydrogens (tertiary/aromatic N) is 2. The van der Waals surface area contributed by atoms with Crippen LogP contribution < -0.4 is 9.47 Å².